The summed E-state index contributed by atoms with van der Waals surface area (Å²) in [6.45, 7) is 0.330. The number of carbonyl (C=O) groups is 2. The summed E-state index contributed by atoms with van der Waals surface area (Å²) in [5.74, 6) is -6.21. The average molecular weight is 430 g/mol. The molecule has 1 heterocycles. The fourth-order valence-corrected chi connectivity index (χ4v) is 3.19. The van der Waals surface area contributed by atoms with Gasteiger partial charge in [0.25, 0.3) is 5.91 Å². The number of hydrogen-bond acceptors (Lipinski definition) is 2. The number of halogens is 6. The maximum Gasteiger partial charge on any atom is 0.416 e. The summed E-state index contributed by atoms with van der Waals surface area (Å²) in [4.78, 5) is 26.2. The fourth-order valence-electron chi connectivity index (χ4n) is 3.19. The number of hydrogen-bond donors (Lipinski definition) is 1. The van der Waals surface area contributed by atoms with Gasteiger partial charge in [0.1, 0.15) is 0 Å². The van der Waals surface area contributed by atoms with Gasteiger partial charge >= 0.3 is 6.18 Å². The van der Waals surface area contributed by atoms with Crippen LogP contribution in [0.25, 0.3) is 0 Å². The lowest BCUT2D eigenvalue weighted by atomic mass is 9.95. The normalized spacial score (nSPS) is 15.2. The zero-order chi connectivity index (χ0) is 22.1. The Labute approximate surface area is 167 Å². The second kappa shape index (κ2) is 8.37. The smallest absolute Gasteiger partial charge is 0.339 e. The van der Waals surface area contributed by atoms with Gasteiger partial charge in [0, 0.05) is 24.6 Å². The highest BCUT2D eigenvalue weighted by molar-refractivity contribution is 5.95. The molecule has 30 heavy (non-hydrogen) atoms. The predicted molar refractivity (Wildman–Crippen MR) is 95.0 cm³/mol. The highest BCUT2D eigenvalue weighted by atomic mass is 19.4. The van der Waals surface area contributed by atoms with E-state index in [1.54, 1.807) is 0 Å². The van der Waals surface area contributed by atoms with Crippen LogP contribution in [-0.2, 0) is 11.0 Å². The number of benzene rings is 2. The van der Waals surface area contributed by atoms with Crippen LogP contribution in [0.2, 0.25) is 0 Å². The summed E-state index contributed by atoms with van der Waals surface area (Å²) in [5.41, 5.74) is -1.25. The minimum atomic E-state index is -4.50. The van der Waals surface area contributed by atoms with Gasteiger partial charge in [-0.3, -0.25) is 9.59 Å². The summed E-state index contributed by atoms with van der Waals surface area (Å²) < 4.78 is 77.8. The lowest BCUT2D eigenvalue weighted by Gasteiger charge is -2.31. The van der Waals surface area contributed by atoms with Crippen LogP contribution in [0.4, 0.5) is 32.0 Å². The average Bonchev–Trinajstić information content (AvgIpc) is 2.73. The summed E-state index contributed by atoms with van der Waals surface area (Å²) in [7, 11) is 0. The van der Waals surface area contributed by atoms with Crippen LogP contribution in [0.5, 0.6) is 0 Å². The molecule has 0 radical (unpaired) electrons. The lowest BCUT2D eigenvalue weighted by Crippen LogP contribution is -2.41. The van der Waals surface area contributed by atoms with Crippen molar-refractivity contribution in [2.75, 3.05) is 18.4 Å². The second-order valence-corrected chi connectivity index (χ2v) is 6.85. The van der Waals surface area contributed by atoms with E-state index in [2.05, 4.69) is 5.32 Å². The van der Waals surface area contributed by atoms with Gasteiger partial charge in [0.15, 0.2) is 17.5 Å². The maximum absolute atomic E-state index is 13.7. The molecule has 0 aliphatic carbocycles. The summed E-state index contributed by atoms with van der Waals surface area (Å²) in [5, 5.41) is 2.21. The topological polar surface area (TPSA) is 49.4 Å². The first-order chi connectivity index (χ1) is 14.1. The molecule has 1 aliphatic rings. The van der Waals surface area contributed by atoms with Crippen LogP contribution in [-0.4, -0.2) is 29.8 Å². The van der Waals surface area contributed by atoms with E-state index in [-0.39, 0.29) is 31.5 Å². The number of nitrogens with zero attached hydrogens (tertiary/aromatic N) is 1. The largest absolute Gasteiger partial charge is 0.416 e. The number of amides is 2. The van der Waals surface area contributed by atoms with Gasteiger partial charge in [-0.1, -0.05) is 0 Å². The van der Waals surface area contributed by atoms with Crippen LogP contribution < -0.4 is 5.32 Å². The van der Waals surface area contributed by atoms with Crippen LogP contribution in [0.15, 0.2) is 36.4 Å². The Kier molecular flexibility index (Phi) is 6.04. The van der Waals surface area contributed by atoms with Crippen molar-refractivity contribution in [2.45, 2.75) is 19.0 Å². The third kappa shape index (κ3) is 4.58. The van der Waals surface area contributed by atoms with E-state index in [0.29, 0.717) is 6.07 Å². The molecular formula is C20H16F6N2O2. The monoisotopic (exact) mass is 430 g/mol. The fraction of sp³-hybridized carbons (Fsp3) is 0.300. The molecule has 1 fully saturated rings. The number of likely N-dealkylation sites (tertiary alicyclic amines) is 1. The lowest BCUT2D eigenvalue weighted by molar-refractivity contribution is -0.137. The van der Waals surface area contributed by atoms with E-state index in [9.17, 15) is 35.9 Å². The molecule has 0 bridgehead atoms. The standard InChI is InChI=1S/C20H16F6N2O2/c21-14-5-6-15(17(23)16(14)22)27-18(29)11-7-9-28(10-8-11)19(30)12-1-3-13(4-2-12)20(24,25)26/h1-6,11H,7-10H2,(H,27,29). The Hall–Kier alpha value is -3.04. The maximum atomic E-state index is 13.7. The van der Waals surface area contributed by atoms with Gasteiger partial charge in [-0.25, -0.2) is 13.2 Å². The van der Waals surface area contributed by atoms with E-state index < -0.39 is 52.6 Å². The zero-order valence-corrected chi connectivity index (χ0v) is 15.4. The molecule has 0 unspecified atom stereocenters. The van der Waals surface area contributed by atoms with Crippen LogP contribution in [0.1, 0.15) is 28.8 Å². The molecule has 1 saturated heterocycles. The molecule has 0 aromatic heterocycles. The molecule has 1 aliphatic heterocycles. The molecule has 3 rings (SSSR count). The molecule has 0 spiro atoms. The van der Waals surface area contributed by atoms with E-state index in [1.807, 2.05) is 0 Å². The first kappa shape index (κ1) is 21.7. The molecule has 0 saturated carbocycles. The van der Waals surface area contributed by atoms with Crippen LogP contribution in [0, 0.1) is 23.4 Å². The molecule has 2 aromatic rings. The molecule has 2 amide bonds. The second-order valence-electron chi connectivity index (χ2n) is 6.85. The number of nitrogens with one attached hydrogen (secondary N) is 1. The SMILES string of the molecule is O=C(Nc1ccc(F)c(F)c1F)C1CCN(C(=O)c2ccc(C(F)(F)F)cc2)CC1. The molecular weight excluding hydrogens is 414 g/mol. The Morgan fingerprint density at radius 2 is 1.50 bits per heavy atom. The predicted octanol–water partition coefficient (Wildman–Crippen LogP) is 4.61. The van der Waals surface area contributed by atoms with Crippen molar-refractivity contribution in [1.82, 2.24) is 4.90 Å². The van der Waals surface area contributed by atoms with Gasteiger partial charge in [0.2, 0.25) is 5.91 Å². The van der Waals surface area contributed by atoms with Crippen LogP contribution in [0.3, 0.4) is 0 Å². The van der Waals surface area contributed by atoms with Crippen molar-refractivity contribution in [3.63, 3.8) is 0 Å². The van der Waals surface area contributed by atoms with Crippen molar-refractivity contribution in [3.05, 3.63) is 65.0 Å². The molecule has 160 valence electrons. The number of carbonyl (C=O) groups excluding carboxylic acids is 2. The molecule has 1 N–H and O–H groups in total. The summed E-state index contributed by atoms with van der Waals surface area (Å²) in [6, 6.07) is 5.44. The Bertz CT molecular complexity index is 951. The first-order valence-corrected chi connectivity index (χ1v) is 8.99. The van der Waals surface area contributed by atoms with Gasteiger partial charge in [-0.15, -0.1) is 0 Å². The van der Waals surface area contributed by atoms with E-state index in [1.165, 1.54) is 4.90 Å². The minimum absolute atomic E-state index is 0.0924. The van der Waals surface area contributed by atoms with Crippen molar-refractivity contribution in [3.8, 4) is 0 Å². The number of rotatable bonds is 3. The van der Waals surface area contributed by atoms with Crippen LogP contribution >= 0.6 is 0 Å². The van der Waals surface area contributed by atoms with E-state index >= 15 is 0 Å². The number of piperidine rings is 1. The van der Waals surface area contributed by atoms with Crippen molar-refractivity contribution < 1.29 is 35.9 Å². The van der Waals surface area contributed by atoms with Crippen molar-refractivity contribution in [2.24, 2.45) is 5.92 Å². The molecule has 10 heteroatoms. The Balaban J connectivity index is 1.58. The number of anilines is 1. The third-order valence-corrected chi connectivity index (χ3v) is 4.91. The van der Waals surface area contributed by atoms with Gasteiger partial charge in [-0.05, 0) is 49.2 Å². The zero-order valence-electron chi connectivity index (χ0n) is 15.4. The molecule has 4 nitrogen and oxygen atoms in total. The highest BCUT2D eigenvalue weighted by Crippen LogP contribution is 2.29. The Morgan fingerprint density at radius 3 is 2.07 bits per heavy atom. The molecule has 0 atom stereocenters. The van der Waals surface area contributed by atoms with Gasteiger partial charge < -0.3 is 10.2 Å². The number of alkyl halides is 3. The highest BCUT2D eigenvalue weighted by Gasteiger charge is 2.31. The first-order valence-electron chi connectivity index (χ1n) is 8.99. The van der Waals surface area contributed by atoms with E-state index in [0.717, 1.165) is 30.3 Å². The van der Waals surface area contributed by atoms with Gasteiger partial charge in [0.05, 0.1) is 11.3 Å². The van der Waals surface area contributed by atoms with E-state index in [4.69, 9.17) is 0 Å². The third-order valence-electron chi connectivity index (χ3n) is 4.91. The van der Waals surface area contributed by atoms with Crippen molar-refractivity contribution >= 4 is 17.5 Å². The summed E-state index contributed by atoms with van der Waals surface area (Å²) >= 11 is 0. The Morgan fingerprint density at radius 1 is 0.900 bits per heavy atom. The quantitative estimate of drug-likeness (QED) is 0.571. The van der Waals surface area contributed by atoms with Gasteiger partial charge in [-0.2, -0.15) is 13.2 Å². The summed E-state index contributed by atoms with van der Waals surface area (Å²) in [6.07, 6.45) is -4.05. The molecule has 2 aromatic carbocycles. The van der Waals surface area contributed by atoms with Crippen molar-refractivity contribution in [1.29, 1.82) is 0 Å². The minimum Gasteiger partial charge on any atom is -0.339 e.